The maximum absolute atomic E-state index is 12.2. The van der Waals surface area contributed by atoms with Crippen molar-refractivity contribution in [3.8, 4) is 0 Å². The van der Waals surface area contributed by atoms with Crippen molar-refractivity contribution < 1.29 is 44.2 Å². The van der Waals surface area contributed by atoms with Crippen molar-refractivity contribution in [2.24, 2.45) is 0 Å². The number of aliphatic hydroxyl groups is 4. The first-order valence-corrected chi connectivity index (χ1v) is 14.9. The fourth-order valence-corrected chi connectivity index (χ4v) is 4.15. The third kappa shape index (κ3) is 16.5. The molecule has 0 aliphatic carbocycles. The zero-order valence-electron chi connectivity index (χ0n) is 24.1. The Morgan fingerprint density at radius 1 is 0.821 bits per heavy atom. The van der Waals surface area contributed by atoms with E-state index in [2.05, 4.69) is 31.2 Å². The molecule has 1 saturated heterocycles. The van der Waals surface area contributed by atoms with Crippen molar-refractivity contribution in [1.82, 2.24) is 0 Å². The van der Waals surface area contributed by atoms with Crippen molar-refractivity contribution in [2.45, 2.75) is 134 Å². The van der Waals surface area contributed by atoms with E-state index in [1.807, 2.05) is 6.92 Å². The minimum absolute atomic E-state index is 0.121. The average molecular weight is 559 g/mol. The summed E-state index contributed by atoms with van der Waals surface area (Å²) in [5.41, 5.74) is 0. The number of ether oxygens (including phenoxy) is 4. The molecule has 0 spiro atoms. The lowest BCUT2D eigenvalue weighted by molar-refractivity contribution is -0.305. The smallest absolute Gasteiger partial charge is 0.306 e. The Labute approximate surface area is 235 Å². The lowest BCUT2D eigenvalue weighted by Crippen LogP contribution is -2.59. The summed E-state index contributed by atoms with van der Waals surface area (Å²) in [6.07, 6.45) is 14.6. The molecule has 0 bridgehead atoms. The highest BCUT2D eigenvalue weighted by molar-refractivity contribution is 5.69. The quantitative estimate of drug-likeness (QED) is 0.0835. The molecule has 228 valence electrons. The molecule has 1 rings (SSSR count). The van der Waals surface area contributed by atoms with Crippen LogP contribution in [0.15, 0.2) is 24.3 Å². The molecular weight excluding hydrogens is 504 g/mol. The van der Waals surface area contributed by atoms with E-state index in [0.717, 1.165) is 44.9 Å². The van der Waals surface area contributed by atoms with Gasteiger partial charge in [-0.25, -0.2) is 0 Å². The molecule has 0 aromatic carbocycles. The van der Waals surface area contributed by atoms with E-state index in [-0.39, 0.29) is 19.2 Å². The van der Waals surface area contributed by atoms with Gasteiger partial charge >= 0.3 is 5.97 Å². The summed E-state index contributed by atoms with van der Waals surface area (Å²) in [5.74, 6) is -0.356. The van der Waals surface area contributed by atoms with Gasteiger partial charge < -0.3 is 39.4 Å². The van der Waals surface area contributed by atoms with Crippen LogP contribution in [-0.2, 0) is 23.7 Å². The van der Waals surface area contributed by atoms with Crippen LogP contribution in [-0.4, -0.2) is 89.6 Å². The Bertz CT molecular complexity index is 652. The van der Waals surface area contributed by atoms with Gasteiger partial charge in [-0.1, -0.05) is 76.7 Å². The predicted molar refractivity (Wildman–Crippen MR) is 150 cm³/mol. The number of carbonyl (C=O) groups is 1. The predicted octanol–water partition coefficient (Wildman–Crippen LogP) is 3.95. The second-order valence-electron chi connectivity index (χ2n) is 10.2. The van der Waals surface area contributed by atoms with Crippen LogP contribution in [0.1, 0.15) is 97.3 Å². The maximum Gasteiger partial charge on any atom is 0.306 e. The van der Waals surface area contributed by atoms with Gasteiger partial charge in [0.15, 0.2) is 6.29 Å². The van der Waals surface area contributed by atoms with Crippen LogP contribution in [0.4, 0.5) is 0 Å². The topological polar surface area (TPSA) is 135 Å². The first-order chi connectivity index (χ1) is 18.9. The molecule has 6 atom stereocenters. The number of rotatable bonds is 23. The van der Waals surface area contributed by atoms with Gasteiger partial charge in [-0.15, -0.1) is 0 Å². The number of esters is 1. The fraction of sp³-hybridized carbons (Fsp3) is 0.833. The molecule has 9 nitrogen and oxygen atoms in total. The normalized spacial score (nSPS) is 24.5. The molecule has 0 saturated carbocycles. The maximum atomic E-state index is 12.2. The standard InChI is InChI=1S/C30H54O9/c1-3-5-7-8-9-10-11-12-13-14-15-16-17-18-20-36-22-24(38-26(32)19-6-4-2)23-37-30-29(35)28(34)27(33)25(21-31)39-30/h7-8,10-11,24-25,27-31,33-35H,3-6,9,12-23H2,1-2H3/b8-7-,11-10-. The summed E-state index contributed by atoms with van der Waals surface area (Å²) in [6.45, 7) is 4.18. The summed E-state index contributed by atoms with van der Waals surface area (Å²) in [5, 5.41) is 39.4. The molecule has 6 unspecified atom stereocenters. The van der Waals surface area contributed by atoms with Gasteiger partial charge in [0.25, 0.3) is 0 Å². The molecule has 1 aliphatic heterocycles. The fourth-order valence-electron chi connectivity index (χ4n) is 4.15. The lowest BCUT2D eigenvalue weighted by Gasteiger charge is -2.39. The molecule has 1 heterocycles. The second-order valence-corrected chi connectivity index (χ2v) is 10.2. The molecule has 1 aliphatic rings. The van der Waals surface area contributed by atoms with E-state index < -0.39 is 43.4 Å². The highest BCUT2D eigenvalue weighted by Crippen LogP contribution is 2.22. The molecular formula is C30H54O9. The Hall–Kier alpha value is -1.33. The Morgan fingerprint density at radius 2 is 1.51 bits per heavy atom. The first-order valence-electron chi connectivity index (χ1n) is 14.9. The highest BCUT2D eigenvalue weighted by atomic mass is 16.7. The SMILES string of the molecule is CCC/C=C\C/C=C\CCCCCCCCOCC(COC1OC(CO)C(O)C(O)C1O)OC(=O)CCCC. The van der Waals surface area contributed by atoms with Gasteiger partial charge in [-0.3, -0.25) is 4.79 Å². The number of allylic oxidation sites excluding steroid dienone is 4. The second kappa shape index (κ2) is 23.4. The highest BCUT2D eigenvalue weighted by Gasteiger charge is 2.44. The van der Waals surface area contributed by atoms with Gasteiger partial charge in [0.05, 0.1) is 19.8 Å². The van der Waals surface area contributed by atoms with Crippen LogP contribution in [0.5, 0.6) is 0 Å². The molecule has 0 aromatic rings. The molecule has 0 radical (unpaired) electrons. The third-order valence-electron chi connectivity index (χ3n) is 6.60. The molecule has 9 heteroatoms. The van der Waals surface area contributed by atoms with E-state index in [1.165, 1.54) is 25.7 Å². The number of unbranched alkanes of at least 4 members (excludes halogenated alkanes) is 8. The first kappa shape index (κ1) is 35.7. The van der Waals surface area contributed by atoms with E-state index >= 15 is 0 Å². The van der Waals surface area contributed by atoms with Crippen molar-refractivity contribution in [3.05, 3.63) is 24.3 Å². The van der Waals surface area contributed by atoms with E-state index in [9.17, 15) is 25.2 Å². The minimum atomic E-state index is -1.53. The summed E-state index contributed by atoms with van der Waals surface area (Å²) in [7, 11) is 0. The molecule has 4 N–H and O–H groups in total. The minimum Gasteiger partial charge on any atom is -0.457 e. The number of hydrogen-bond acceptors (Lipinski definition) is 9. The van der Waals surface area contributed by atoms with Crippen molar-refractivity contribution in [2.75, 3.05) is 26.4 Å². The van der Waals surface area contributed by atoms with Crippen LogP contribution in [0.25, 0.3) is 0 Å². The molecule has 1 fully saturated rings. The number of hydrogen-bond donors (Lipinski definition) is 4. The largest absolute Gasteiger partial charge is 0.457 e. The van der Waals surface area contributed by atoms with Crippen molar-refractivity contribution in [3.63, 3.8) is 0 Å². The van der Waals surface area contributed by atoms with Crippen molar-refractivity contribution in [1.29, 1.82) is 0 Å². The summed E-state index contributed by atoms with van der Waals surface area (Å²) in [4.78, 5) is 12.2. The van der Waals surface area contributed by atoms with Crippen LogP contribution >= 0.6 is 0 Å². The summed E-state index contributed by atoms with van der Waals surface area (Å²) in [6, 6.07) is 0. The zero-order chi connectivity index (χ0) is 28.7. The summed E-state index contributed by atoms with van der Waals surface area (Å²) >= 11 is 0. The monoisotopic (exact) mass is 558 g/mol. The van der Waals surface area contributed by atoms with Crippen LogP contribution in [0, 0.1) is 0 Å². The average Bonchev–Trinajstić information content (AvgIpc) is 2.93. The van der Waals surface area contributed by atoms with E-state index in [4.69, 9.17) is 18.9 Å². The van der Waals surface area contributed by atoms with Gasteiger partial charge in [0.1, 0.15) is 30.5 Å². The van der Waals surface area contributed by atoms with Crippen molar-refractivity contribution >= 4 is 5.97 Å². The van der Waals surface area contributed by atoms with Gasteiger partial charge in [-0.05, 0) is 38.5 Å². The zero-order valence-corrected chi connectivity index (χ0v) is 24.1. The van der Waals surface area contributed by atoms with Gasteiger partial charge in [-0.2, -0.15) is 0 Å². The molecule has 0 amide bonds. The Balaban J connectivity index is 2.27. The Kier molecular flexibility index (Phi) is 21.4. The van der Waals surface area contributed by atoms with Crippen LogP contribution in [0.3, 0.4) is 0 Å². The third-order valence-corrected chi connectivity index (χ3v) is 6.60. The van der Waals surface area contributed by atoms with Gasteiger partial charge in [0.2, 0.25) is 0 Å². The van der Waals surface area contributed by atoms with Crippen LogP contribution < -0.4 is 0 Å². The molecule has 39 heavy (non-hydrogen) atoms. The van der Waals surface area contributed by atoms with E-state index in [1.54, 1.807) is 0 Å². The van der Waals surface area contributed by atoms with Gasteiger partial charge in [0, 0.05) is 13.0 Å². The lowest BCUT2D eigenvalue weighted by atomic mass is 9.99. The Morgan fingerprint density at radius 3 is 2.21 bits per heavy atom. The number of aliphatic hydroxyl groups excluding tert-OH is 4. The molecule has 0 aromatic heterocycles. The summed E-state index contributed by atoms with van der Waals surface area (Å²) < 4.78 is 22.2. The van der Waals surface area contributed by atoms with Crippen LogP contribution in [0.2, 0.25) is 0 Å². The number of carbonyl (C=O) groups excluding carboxylic acids is 1. The van der Waals surface area contributed by atoms with E-state index in [0.29, 0.717) is 19.4 Å².